The smallest absolute Gasteiger partial charge is 0.0647 e. The second kappa shape index (κ2) is 5.19. The highest BCUT2D eigenvalue weighted by Gasteiger charge is 2.22. The summed E-state index contributed by atoms with van der Waals surface area (Å²) in [5, 5.41) is 11.5. The van der Waals surface area contributed by atoms with E-state index in [1.807, 2.05) is 7.05 Å². The topological polar surface area (TPSA) is 41.9 Å². The molecule has 2 rings (SSSR count). The van der Waals surface area contributed by atoms with Crippen molar-refractivity contribution in [2.24, 2.45) is 0 Å². The second-order valence-electron chi connectivity index (χ2n) is 5.04. The molecule has 0 aromatic carbocycles. The molecule has 0 bridgehead atoms. The van der Waals surface area contributed by atoms with Gasteiger partial charge in [0.2, 0.25) is 0 Å². The molecule has 1 saturated heterocycles. The van der Waals surface area contributed by atoms with E-state index in [0.29, 0.717) is 12.1 Å². The van der Waals surface area contributed by atoms with E-state index in [9.17, 15) is 0 Å². The molecule has 0 amide bonds. The van der Waals surface area contributed by atoms with Gasteiger partial charge in [0.15, 0.2) is 0 Å². The van der Waals surface area contributed by atoms with Gasteiger partial charge >= 0.3 is 0 Å². The van der Waals surface area contributed by atoms with Crippen LogP contribution >= 0.6 is 0 Å². The normalized spacial score (nSPS) is 22.7. The van der Waals surface area contributed by atoms with E-state index in [0.717, 1.165) is 18.8 Å². The minimum atomic E-state index is 0.375. The summed E-state index contributed by atoms with van der Waals surface area (Å²) in [7, 11) is 2.00. The standard InChI is InChI=1S/C13H24N4/c1-9(14-4)13-10(2)16-17(11(13)3)12-6-5-7-15-8-12/h9,12,14-15H,5-8H2,1-4H3. The first kappa shape index (κ1) is 12.6. The fraction of sp³-hybridized carbons (Fsp3) is 0.769. The van der Waals surface area contributed by atoms with Gasteiger partial charge in [0, 0.05) is 23.8 Å². The molecule has 1 aromatic heterocycles. The second-order valence-corrected chi connectivity index (χ2v) is 5.04. The largest absolute Gasteiger partial charge is 0.315 e. The molecule has 96 valence electrons. The highest BCUT2D eigenvalue weighted by atomic mass is 15.3. The van der Waals surface area contributed by atoms with Crippen LogP contribution in [-0.4, -0.2) is 29.9 Å². The molecule has 1 fully saturated rings. The van der Waals surface area contributed by atoms with Crippen LogP contribution in [0.25, 0.3) is 0 Å². The van der Waals surface area contributed by atoms with Crippen LogP contribution in [0.2, 0.25) is 0 Å². The Hall–Kier alpha value is -0.870. The maximum absolute atomic E-state index is 4.74. The zero-order valence-electron chi connectivity index (χ0n) is 11.4. The molecule has 2 heterocycles. The van der Waals surface area contributed by atoms with E-state index < -0.39 is 0 Å². The number of aryl methyl sites for hydroxylation is 1. The summed E-state index contributed by atoms with van der Waals surface area (Å²) in [6, 6.07) is 0.903. The molecule has 1 aliphatic heterocycles. The molecule has 2 N–H and O–H groups in total. The minimum Gasteiger partial charge on any atom is -0.315 e. The van der Waals surface area contributed by atoms with Crippen LogP contribution in [-0.2, 0) is 0 Å². The van der Waals surface area contributed by atoms with E-state index in [1.165, 1.54) is 24.1 Å². The first-order valence-electron chi connectivity index (χ1n) is 6.58. The van der Waals surface area contributed by atoms with Gasteiger partial charge in [-0.1, -0.05) is 0 Å². The highest BCUT2D eigenvalue weighted by molar-refractivity contribution is 5.28. The van der Waals surface area contributed by atoms with Crippen LogP contribution in [0.5, 0.6) is 0 Å². The predicted molar refractivity (Wildman–Crippen MR) is 70.3 cm³/mol. The fourth-order valence-corrected chi connectivity index (χ4v) is 2.84. The SMILES string of the molecule is CNC(C)c1c(C)nn(C2CCCNC2)c1C. The van der Waals surface area contributed by atoms with E-state index in [1.54, 1.807) is 0 Å². The third-order valence-corrected chi connectivity index (χ3v) is 3.86. The van der Waals surface area contributed by atoms with Gasteiger partial charge < -0.3 is 10.6 Å². The van der Waals surface area contributed by atoms with Gasteiger partial charge in [0.25, 0.3) is 0 Å². The van der Waals surface area contributed by atoms with Crippen LogP contribution in [0.15, 0.2) is 0 Å². The Morgan fingerprint density at radius 3 is 2.82 bits per heavy atom. The Labute approximate surface area is 104 Å². The highest BCUT2D eigenvalue weighted by Crippen LogP contribution is 2.25. The lowest BCUT2D eigenvalue weighted by atomic mass is 10.1. The zero-order chi connectivity index (χ0) is 12.4. The van der Waals surface area contributed by atoms with Crippen LogP contribution in [0.4, 0.5) is 0 Å². The molecule has 4 heteroatoms. The monoisotopic (exact) mass is 236 g/mol. The summed E-state index contributed by atoms with van der Waals surface area (Å²) in [6.45, 7) is 8.70. The molecule has 1 aliphatic rings. The quantitative estimate of drug-likeness (QED) is 0.839. The van der Waals surface area contributed by atoms with E-state index >= 15 is 0 Å². The molecule has 0 radical (unpaired) electrons. The predicted octanol–water partition coefficient (Wildman–Crippen LogP) is 1.70. The van der Waals surface area contributed by atoms with Gasteiger partial charge in [-0.2, -0.15) is 5.10 Å². The zero-order valence-corrected chi connectivity index (χ0v) is 11.4. The van der Waals surface area contributed by atoms with Gasteiger partial charge in [-0.05, 0) is 47.2 Å². The van der Waals surface area contributed by atoms with E-state index in [-0.39, 0.29) is 0 Å². The minimum absolute atomic E-state index is 0.375. The first-order valence-corrected chi connectivity index (χ1v) is 6.58. The molecule has 0 saturated carbocycles. The van der Waals surface area contributed by atoms with Crippen molar-refractivity contribution >= 4 is 0 Å². The lowest BCUT2D eigenvalue weighted by Gasteiger charge is -2.24. The van der Waals surface area contributed by atoms with Gasteiger partial charge in [0.05, 0.1) is 11.7 Å². The summed E-state index contributed by atoms with van der Waals surface area (Å²) in [5.74, 6) is 0. The van der Waals surface area contributed by atoms with Crippen LogP contribution in [0, 0.1) is 13.8 Å². The first-order chi connectivity index (χ1) is 8.15. The van der Waals surface area contributed by atoms with E-state index in [4.69, 9.17) is 5.10 Å². The van der Waals surface area contributed by atoms with Crippen LogP contribution in [0.1, 0.15) is 48.8 Å². The molecule has 0 aliphatic carbocycles. The molecule has 17 heavy (non-hydrogen) atoms. The van der Waals surface area contributed by atoms with Gasteiger partial charge in [0.1, 0.15) is 0 Å². The Morgan fingerprint density at radius 1 is 1.47 bits per heavy atom. The molecular formula is C13H24N4. The van der Waals surface area contributed by atoms with Crippen molar-refractivity contribution in [1.82, 2.24) is 20.4 Å². The molecule has 4 nitrogen and oxygen atoms in total. The van der Waals surface area contributed by atoms with Crippen molar-refractivity contribution in [3.05, 3.63) is 17.0 Å². The lowest BCUT2D eigenvalue weighted by molar-refractivity contribution is 0.340. The summed E-state index contributed by atoms with van der Waals surface area (Å²) in [6.07, 6.45) is 2.49. The van der Waals surface area contributed by atoms with Crippen molar-refractivity contribution < 1.29 is 0 Å². The van der Waals surface area contributed by atoms with Gasteiger partial charge in [-0.15, -0.1) is 0 Å². The van der Waals surface area contributed by atoms with Crippen LogP contribution < -0.4 is 10.6 Å². The third-order valence-electron chi connectivity index (χ3n) is 3.86. The Bertz CT molecular complexity index is 377. The summed E-state index contributed by atoms with van der Waals surface area (Å²) in [4.78, 5) is 0. The van der Waals surface area contributed by atoms with Gasteiger partial charge in [-0.25, -0.2) is 0 Å². The number of aromatic nitrogens is 2. The number of nitrogens with one attached hydrogen (secondary N) is 2. The Balaban J connectivity index is 2.29. The average molecular weight is 236 g/mol. The van der Waals surface area contributed by atoms with Gasteiger partial charge in [-0.3, -0.25) is 4.68 Å². The fourth-order valence-electron chi connectivity index (χ4n) is 2.84. The van der Waals surface area contributed by atoms with Crippen molar-refractivity contribution in [3.8, 4) is 0 Å². The van der Waals surface area contributed by atoms with Crippen molar-refractivity contribution in [1.29, 1.82) is 0 Å². The number of piperidine rings is 1. The summed E-state index contributed by atoms with van der Waals surface area (Å²) < 4.78 is 2.23. The molecule has 0 spiro atoms. The van der Waals surface area contributed by atoms with Crippen LogP contribution in [0.3, 0.4) is 0 Å². The van der Waals surface area contributed by atoms with Crippen molar-refractivity contribution in [2.75, 3.05) is 20.1 Å². The Kier molecular flexibility index (Phi) is 3.84. The lowest BCUT2D eigenvalue weighted by Crippen LogP contribution is -2.32. The number of hydrogen-bond donors (Lipinski definition) is 2. The maximum atomic E-state index is 4.74. The molecule has 2 atom stereocenters. The molecular weight excluding hydrogens is 212 g/mol. The third kappa shape index (κ3) is 2.38. The maximum Gasteiger partial charge on any atom is 0.0647 e. The number of nitrogens with zero attached hydrogens (tertiary/aromatic N) is 2. The summed E-state index contributed by atoms with van der Waals surface area (Å²) >= 11 is 0. The summed E-state index contributed by atoms with van der Waals surface area (Å²) in [5.41, 5.74) is 3.84. The van der Waals surface area contributed by atoms with E-state index in [2.05, 4.69) is 36.1 Å². The number of hydrogen-bond acceptors (Lipinski definition) is 3. The number of rotatable bonds is 3. The molecule has 2 unspecified atom stereocenters. The molecule has 1 aromatic rings. The Morgan fingerprint density at radius 2 is 2.24 bits per heavy atom. The average Bonchev–Trinajstić information content (AvgIpc) is 2.65. The van der Waals surface area contributed by atoms with Crippen molar-refractivity contribution in [3.63, 3.8) is 0 Å². The van der Waals surface area contributed by atoms with Crippen molar-refractivity contribution in [2.45, 2.75) is 45.7 Å².